The van der Waals surface area contributed by atoms with E-state index in [1.54, 1.807) is 0 Å². The number of aromatic carboxylic acids is 1. The van der Waals surface area contributed by atoms with Gasteiger partial charge in [-0.05, 0) is 25.0 Å². The van der Waals surface area contributed by atoms with Crippen molar-refractivity contribution in [3.63, 3.8) is 0 Å². The number of hydrogen-bond acceptors (Lipinski definition) is 2. The van der Waals surface area contributed by atoms with Gasteiger partial charge >= 0.3 is 12.1 Å². The summed E-state index contributed by atoms with van der Waals surface area (Å²) in [6, 6.07) is 0. The first-order valence-corrected chi connectivity index (χ1v) is 4.67. The molecule has 0 aliphatic heterocycles. The van der Waals surface area contributed by atoms with Gasteiger partial charge < -0.3 is 5.11 Å². The first-order chi connectivity index (χ1) is 8.07. The second-order valence-electron chi connectivity index (χ2n) is 3.57. The van der Waals surface area contributed by atoms with Crippen LogP contribution in [0.3, 0.4) is 0 Å². The third-order valence-corrected chi connectivity index (χ3v) is 2.47. The molecule has 100 valence electrons. The smallest absolute Gasteiger partial charge is 0.433 e. The molecule has 1 rings (SSSR count). The number of carbonyl (C=O) groups is 1. The molecule has 8 heteroatoms. The number of nitrogens with zero attached hydrogens (tertiary/aromatic N) is 1. The monoisotopic (exact) mass is 269 g/mol. The zero-order valence-corrected chi connectivity index (χ0v) is 9.27. The van der Waals surface area contributed by atoms with E-state index in [0.29, 0.717) is 0 Å². The van der Waals surface area contributed by atoms with E-state index in [0.717, 1.165) is 13.8 Å². The summed E-state index contributed by atoms with van der Waals surface area (Å²) in [5, 5.41) is 8.76. The van der Waals surface area contributed by atoms with Gasteiger partial charge in [-0.2, -0.15) is 13.2 Å². The fourth-order valence-corrected chi connectivity index (χ4v) is 1.52. The number of alkyl halides is 5. The van der Waals surface area contributed by atoms with Crippen molar-refractivity contribution in [3.8, 4) is 0 Å². The summed E-state index contributed by atoms with van der Waals surface area (Å²) in [6.07, 6.45) is -8.30. The van der Waals surface area contributed by atoms with Crippen molar-refractivity contribution >= 4 is 5.97 Å². The van der Waals surface area contributed by atoms with Gasteiger partial charge in [-0.3, -0.25) is 0 Å². The summed E-state index contributed by atoms with van der Waals surface area (Å²) in [5.74, 6) is -1.73. The average Bonchev–Trinajstić information content (AvgIpc) is 2.18. The molecule has 0 aromatic carbocycles. The summed E-state index contributed by atoms with van der Waals surface area (Å²) in [6.45, 7) is 2.04. The first-order valence-electron chi connectivity index (χ1n) is 4.67. The van der Waals surface area contributed by atoms with Crippen LogP contribution < -0.4 is 0 Å². The number of hydrogen-bond donors (Lipinski definition) is 1. The second kappa shape index (κ2) is 4.51. The SMILES string of the molecule is Cc1c(C(F)(F)F)nc(C(F)F)c(C(=O)O)c1C. The van der Waals surface area contributed by atoms with Crippen molar-refractivity contribution in [2.75, 3.05) is 0 Å². The summed E-state index contributed by atoms with van der Waals surface area (Å²) in [7, 11) is 0. The van der Waals surface area contributed by atoms with E-state index in [1.807, 2.05) is 0 Å². The molecule has 0 spiro atoms. The maximum Gasteiger partial charge on any atom is 0.433 e. The van der Waals surface area contributed by atoms with Crippen LogP contribution >= 0.6 is 0 Å². The number of halogens is 5. The van der Waals surface area contributed by atoms with E-state index in [9.17, 15) is 26.7 Å². The molecule has 1 heterocycles. The summed E-state index contributed by atoms with van der Waals surface area (Å²) >= 11 is 0. The number of aromatic nitrogens is 1. The van der Waals surface area contributed by atoms with Gasteiger partial charge in [0.05, 0.1) is 5.56 Å². The van der Waals surface area contributed by atoms with Crippen LogP contribution in [-0.4, -0.2) is 16.1 Å². The number of carboxylic acid groups (broad SMARTS) is 1. The molecule has 0 atom stereocenters. The highest BCUT2D eigenvalue weighted by atomic mass is 19.4. The molecule has 0 unspecified atom stereocenters. The van der Waals surface area contributed by atoms with Crippen LogP contribution in [0.5, 0.6) is 0 Å². The molecular weight excluding hydrogens is 261 g/mol. The van der Waals surface area contributed by atoms with Crippen LogP contribution in [0.15, 0.2) is 0 Å². The summed E-state index contributed by atoms with van der Waals surface area (Å²) < 4.78 is 62.8. The molecule has 0 aliphatic carbocycles. The summed E-state index contributed by atoms with van der Waals surface area (Å²) in [5.41, 5.74) is -4.56. The molecule has 0 amide bonds. The Balaban J connectivity index is 3.70. The highest BCUT2D eigenvalue weighted by Crippen LogP contribution is 2.35. The lowest BCUT2D eigenvalue weighted by atomic mass is 10.00. The minimum atomic E-state index is -4.91. The largest absolute Gasteiger partial charge is 0.478 e. The second-order valence-corrected chi connectivity index (χ2v) is 3.57. The number of carboxylic acids is 1. The molecule has 0 fully saturated rings. The zero-order valence-electron chi connectivity index (χ0n) is 9.27. The highest BCUT2D eigenvalue weighted by Gasteiger charge is 2.38. The van der Waals surface area contributed by atoms with E-state index >= 15 is 0 Å². The Kier molecular flexibility index (Phi) is 3.59. The van der Waals surface area contributed by atoms with Gasteiger partial charge in [0, 0.05) is 0 Å². The molecule has 0 saturated heterocycles. The third-order valence-electron chi connectivity index (χ3n) is 2.47. The Morgan fingerprint density at radius 1 is 1.22 bits per heavy atom. The van der Waals surface area contributed by atoms with Crippen molar-refractivity contribution in [1.29, 1.82) is 0 Å². The molecule has 0 bridgehead atoms. The lowest BCUT2D eigenvalue weighted by Gasteiger charge is -2.16. The maximum atomic E-state index is 12.6. The van der Waals surface area contributed by atoms with Gasteiger partial charge in [0.25, 0.3) is 6.43 Å². The maximum absolute atomic E-state index is 12.6. The number of rotatable bonds is 2. The Bertz CT molecular complexity index is 496. The van der Waals surface area contributed by atoms with Crippen molar-refractivity contribution in [2.24, 2.45) is 0 Å². The van der Waals surface area contributed by atoms with E-state index in [1.165, 1.54) is 0 Å². The van der Waals surface area contributed by atoms with Crippen molar-refractivity contribution < 1.29 is 31.9 Å². The fourth-order valence-electron chi connectivity index (χ4n) is 1.52. The standard InChI is InChI=1S/C10H8F5NO2/c1-3-4(2)7(10(13,14)15)16-6(8(11)12)5(3)9(17)18/h8H,1-2H3,(H,17,18). The molecule has 18 heavy (non-hydrogen) atoms. The molecule has 0 saturated carbocycles. The first kappa shape index (κ1) is 14.3. The van der Waals surface area contributed by atoms with Crippen molar-refractivity contribution in [2.45, 2.75) is 26.4 Å². The molecule has 1 aromatic heterocycles. The van der Waals surface area contributed by atoms with Crippen LogP contribution in [0.4, 0.5) is 22.0 Å². The van der Waals surface area contributed by atoms with Gasteiger partial charge in [0.2, 0.25) is 0 Å². The predicted molar refractivity (Wildman–Crippen MR) is 50.6 cm³/mol. The third kappa shape index (κ3) is 2.41. The fraction of sp³-hybridized carbons (Fsp3) is 0.400. The Hall–Kier alpha value is -1.73. The minimum Gasteiger partial charge on any atom is -0.478 e. The van der Waals surface area contributed by atoms with Crippen molar-refractivity contribution in [1.82, 2.24) is 4.98 Å². The van der Waals surface area contributed by atoms with Gasteiger partial charge in [-0.25, -0.2) is 18.6 Å². The highest BCUT2D eigenvalue weighted by molar-refractivity contribution is 5.91. The van der Waals surface area contributed by atoms with E-state index in [2.05, 4.69) is 4.98 Å². The summed E-state index contributed by atoms with van der Waals surface area (Å²) in [4.78, 5) is 13.6. The van der Waals surface area contributed by atoms with E-state index in [-0.39, 0.29) is 5.56 Å². The lowest BCUT2D eigenvalue weighted by molar-refractivity contribution is -0.142. The van der Waals surface area contributed by atoms with Gasteiger partial charge in [-0.1, -0.05) is 0 Å². The van der Waals surface area contributed by atoms with Gasteiger partial charge in [0.1, 0.15) is 11.4 Å². The van der Waals surface area contributed by atoms with E-state index in [4.69, 9.17) is 5.11 Å². The van der Waals surface area contributed by atoms with Crippen LogP contribution in [-0.2, 0) is 6.18 Å². The minimum absolute atomic E-state index is 0.361. The van der Waals surface area contributed by atoms with Crippen LogP contribution in [0.1, 0.15) is 39.3 Å². The molecule has 3 nitrogen and oxygen atoms in total. The Labute approximate surface area is 98.3 Å². The molecule has 1 N–H and O–H groups in total. The lowest BCUT2D eigenvalue weighted by Crippen LogP contribution is -2.18. The molecule has 0 aliphatic rings. The van der Waals surface area contributed by atoms with Gasteiger partial charge in [0.15, 0.2) is 0 Å². The predicted octanol–water partition coefficient (Wildman–Crippen LogP) is 3.35. The topological polar surface area (TPSA) is 50.2 Å². The Morgan fingerprint density at radius 3 is 2.06 bits per heavy atom. The van der Waals surface area contributed by atoms with Crippen LogP contribution in [0, 0.1) is 13.8 Å². The average molecular weight is 269 g/mol. The van der Waals surface area contributed by atoms with E-state index < -0.39 is 41.1 Å². The van der Waals surface area contributed by atoms with Crippen LogP contribution in [0.2, 0.25) is 0 Å². The molecular formula is C10H8F5NO2. The number of pyridine rings is 1. The Morgan fingerprint density at radius 2 is 1.72 bits per heavy atom. The quantitative estimate of drug-likeness (QED) is 0.837. The van der Waals surface area contributed by atoms with Gasteiger partial charge in [-0.15, -0.1) is 0 Å². The van der Waals surface area contributed by atoms with Crippen LogP contribution in [0.25, 0.3) is 0 Å². The normalized spacial score (nSPS) is 12.0. The van der Waals surface area contributed by atoms with Crippen molar-refractivity contribution in [3.05, 3.63) is 28.1 Å². The zero-order chi connectivity index (χ0) is 14.2. The molecule has 0 radical (unpaired) electrons. The molecule has 1 aromatic rings.